The molecule has 2 amide bonds. The first kappa shape index (κ1) is 20.0. The number of rotatable bonds is 6. The Morgan fingerprint density at radius 1 is 1.21 bits per heavy atom. The molecule has 2 aliphatic rings. The number of nitrogens with zero attached hydrogens (tertiary/aromatic N) is 3. The molecule has 0 bridgehead atoms. The van der Waals surface area contributed by atoms with Crippen molar-refractivity contribution in [2.24, 2.45) is 5.92 Å². The van der Waals surface area contributed by atoms with E-state index in [1.807, 2.05) is 21.8 Å². The second-order valence-corrected chi connectivity index (χ2v) is 8.44. The number of fused-ring (bicyclic) bond motifs is 1. The van der Waals surface area contributed by atoms with Crippen LogP contribution in [0.4, 0.5) is 0 Å². The molecule has 1 aliphatic carbocycles. The number of hydrogen-bond acceptors (Lipinski definition) is 3. The monoisotopic (exact) mass is 414 g/mol. The molecule has 6 nitrogen and oxygen atoms in total. The highest BCUT2D eigenvalue weighted by Gasteiger charge is 2.47. The van der Waals surface area contributed by atoms with E-state index in [-0.39, 0.29) is 17.9 Å². The second-order valence-electron chi connectivity index (χ2n) is 8.00. The van der Waals surface area contributed by atoms with Gasteiger partial charge >= 0.3 is 0 Å². The zero-order chi connectivity index (χ0) is 20.2. The first-order valence-corrected chi connectivity index (χ1v) is 10.8. The average molecular weight is 415 g/mol. The Kier molecular flexibility index (Phi) is 6.19. The van der Waals surface area contributed by atoms with E-state index in [2.05, 4.69) is 10.4 Å². The Labute approximate surface area is 176 Å². The van der Waals surface area contributed by atoms with Crippen LogP contribution in [-0.4, -0.2) is 45.1 Å². The van der Waals surface area contributed by atoms with Gasteiger partial charge in [0.25, 0.3) is 5.91 Å². The van der Waals surface area contributed by atoms with Crippen molar-refractivity contribution in [3.8, 4) is 0 Å². The van der Waals surface area contributed by atoms with Crippen LogP contribution < -0.4 is 5.32 Å². The van der Waals surface area contributed by atoms with Gasteiger partial charge in [0.2, 0.25) is 5.91 Å². The Morgan fingerprint density at radius 2 is 2.07 bits per heavy atom. The summed E-state index contributed by atoms with van der Waals surface area (Å²) in [6.45, 7) is 1.33. The van der Waals surface area contributed by atoms with E-state index in [9.17, 15) is 9.59 Å². The number of carbonyl (C=O) groups is 2. The Hall–Kier alpha value is -2.34. The minimum Gasteiger partial charge on any atom is -0.354 e. The predicted molar refractivity (Wildman–Crippen MR) is 112 cm³/mol. The molecule has 7 heteroatoms. The molecule has 4 rings (SSSR count). The molecule has 3 atom stereocenters. The molecule has 1 saturated heterocycles. The van der Waals surface area contributed by atoms with E-state index >= 15 is 0 Å². The van der Waals surface area contributed by atoms with E-state index in [0.29, 0.717) is 23.0 Å². The zero-order valence-electron chi connectivity index (χ0n) is 16.5. The average Bonchev–Trinajstić information content (AvgIpc) is 3.38. The molecule has 0 spiro atoms. The third kappa shape index (κ3) is 4.47. The van der Waals surface area contributed by atoms with E-state index < -0.39 is 6.04 Å². The lowest BCUT2D eigenvalue weighted by atomic mass is 9.84. The maximum absolute atomic E-state index is 13.3. The first-order chi connectivity index (χ1) is 14.1. The SMILES string of the molecule is O=C(NCCCn1cccn1)C1CC2CCCCC2N1C(=O)c1cccc(Cl)c1. The number of aromatic nitrogens is 2. The lowest BCUT2D eigenvalue weighted by molar-refractivity contribution is -0.125. The highest BCUT2D eigenvalue weighted by molar-refractivity contribution is 6.31. The van der Waals surface area contributed by atoms with E-state index in [0.717, 1.165) is 38.6 Å². The molecule has 1 aliphatic heterocycles. The van der Waals surface area contributed by atoms with Crippen molar-refractivity contribution in [2.75, 3.05) is 6.54 Å². The van der Waals surface area contributed by atoms with Gasteiger partial charge in [-0.3, -0.25) is 14.3 Å². The third-order valence-corrected chi connectivity index (χ3v) is 6.35. The largest absolute Gasteiger partial charge is 0.354 e. The summed E-state index contributed by atoms with van der Waals surface area (Å²) >= 11 is 6.10. The standard InChI is InChI=1S/C22H27ClN4O2/c23-18-8-3-7-17(14-18)22(29)27-19-9-2-1-6-16(19)15-20(27)21(28)24-10-4-12-26-13-5-11-25-26/h3,5,7-8,11,13-14,16,19-20H,1-2,4,6,9-10,12,15H2,(H,24,28). The number of amides is 2. The minimum atomic E-state index is -0.403. The summed E-state index contributed by atoms with van der Waals surface area (Å²) in [5.74, 6) is 0.278. The van der Waals surface area contributed by atoms with Gasteiger partial charge in [-0.15, -0.1) is 0 Å². The van der Waals surface area contributed by atoms with Gasteiger partial charge < -0.3 is 10.2 Å². The molecule has 3 unspecified atom stereocenters. The van der Waals surface area contributed by atoms with Crippen LogP contribution in [0.15, 0.2) is 42.7 Å². The van der Waals surface area contributed by atoms with Crippen LogP contribution in [0.1, 0.15) is 48.9 Å². The highest BCUT2D eigenvalue weighted by atomic mass is 35.5. The van der Waals surface area contributed by atoms with Crippen molar-refractivity contribution in [3.63, 3.8) is 0 Å². The molecule has 29 heavy (non-hydrogen) atoms. The summed E-state index contributed by atoms with van der Waals surface area (Å²) < 4.78 is 1.85. The molecule has 1 N–H and O–H groups in total. The molecule has 2 aromatic rings. The summed E-state index contributed by atoms with van der Waals surface area (Å²) in [5.41, 5.74) is 0.556. The number of hydrogen-bond donors (Lipinski definition) is 1. The van der Waals surface area contributed by atoms with Crippen molar-refractivity contribution in [1.82, 2.24) is 20.0 Å². The van der Waals surface area contributed by atoms with Crippen molar-refractivity contribution < 1.29 is 9.59 Å². The molecule has 1 aromatic carbocycles. The smallest absolute Gasteiger partial charge is 0.254 e. The second kappa shape index (κ2) is 8.99. The highest BCUT2D eigenvalue weighted by Crippen LogP contribution is 2.40. The summed E-state index contributed by atoms with van der Waals surface area (Å²) in [6.07, 6.45) is 9.56. The molecule has 2 heterocycles. The first-order valence-electron chi connectivity index (χ1n) is 10.5. The van der Waals surface area contributed by atoms with Crippen LogP contribution >= 0.6 is 11.6 Å². The van der Waals surface area contributed by atoms with Gasteiger partial charge in [0.1, 0.15) is 6.04 Å². The predicted octanol–water partition coefficient (Wildman–Crippen LogP) is 3.52. The van der Waals surface area contributed by atoms with Crippen LogP contribution in [0.2, 0.25) is 5.02 Å². The summed E-state index contributed by atoms with van der Waals surface area (Å²) in [7, 11) is 0. The molecular formula is C22H27ClN4O2. The number of aryl methyl sites for hydroxylation is 1. The Bertz CT molecular complexity index is 854. The zero-order valence-corrected chi connectivity index (χ0v) is 17.2. The number of nitrogens with one attached hydrogen (secondary N) is 1. The fourth-order valence-corrected chi connectivity index (χ4v) is 4.95. The van der Waals surface area contributed by atoms with E-state index in [1.165, 1.54) is 6.42 Å². The van der Waals surface area contributed by atoms with Crippen LogP contribution in [0.3, 0.4) is 0 Å². The van der Waals surface area contributed by atoms with Crippen LogP contribution in [0.25, 0.3) is 0 Å². The van der Waals surface area contributed by atoms with Gasteiger partial charge in [-0.05, 0) is 55.9 Å². The van der Waals surface area contributed by atoms with Crippen molar-refractivity contribution in [2.45, 2.75) is 57.2 Å². The maximum atomic E-state index is 13.3. The van der Waals surface area contributed by atoms with Gasteiger partial charge in [-0.25, -0.2) is 0 Å². The van der Waals surface area contributed by atoms with Crippen molar-refractivity contribution in [1.29, 1.82) is 0 Å². The van der Waals surface area contributed by atoms with Gasteiger partial charge in [-0.1, -0.05) is 30.5 Å². The Morgan fingerprint density at radius 3 is 2.86 bits per heavy atom. The summed E-state index contributed by atoms with van der Waals surface area (Å²) in [5, 5.41) is 7.76. The van der Waals surface area contributed by atoms with Crippen LogP contribution in [0.5, 0.6) is 0 Å². The number of benzene rings is 1. The van der Waals surface area contributed by atoms with Crippen LogP contribution in [0, 0.1) is 5.92 Å². The fourth-order valence-electron chi connectivity index (χ4n) is 4.76. The molecule has 1 aromatic heterocycles. The third-order valence-electron chi connectivity index (χ3n) is 6.12. The molecule has 2 fully saturated rings. The van der Waals surface area contributed by atoms with Crippen LogP contribution in [-0.2, 0) is 11.3 Å². The van der Waals surface area contributed by atoms with E-state index in [4.69, 9.17) is 11.6 Å². The van der Waals surface area contributed by atoms with Gasteiger partial charge in [0.05, 0.1) is 0 Å². The number of halogens is 1. The Balaban J connectivity index is 1.44. The maximum Gasteiger partial charge on any atom is 0.254 e. The fraction of sp³-hybridized carbons (Fsp3) is 0.500. The number of carbonyl (C=O) groups excluding carboxylic acids is 2. The quantitative estimate of drug-likeness (QED) is 0.735. The lowest BCUT2D eigenvalue weighted by Gasteiger charge is -2.33. The van der Waals surface area contributed by atoms with E-state index in [1.54, 1.807) is 30.5 Å². The summed E-state index contributed by atoms with van der Waals surface area (Å²) in [4.78, 5) is 28.2. The molecule has 1 saturated carbocycles. The molecular weight excluding hydrogens is 388 g/mol. The van der Waals surface area contributed by atoms with Crippen molar-refractivity contribution in [3.05, 3.63) is 53.3 Å². The molecule has 0 radical (unpaired) electrons. The minimum absolute atomic E-state index is 0.0461. The van der Waals surface area contributed by atoms with Gasteiger partial charge in [0.15, 0.2) is 0 Å². The topological polar surface area (TPSA) is 67.2 Å². The summed E-state index contributed by atoms with van der Waals surface area (Å²) in [6, 6.07) is 8.65. The lowest BCUT2D eigenvalue weighted by Crippen LogP contribution is -2.49. The molecule has 154 valence electrons. The number of likely N-dealkylation sites (tertiary alicyclic amines) is 1. The van der Waals surface area contributed by atoms with Gasteiger partial charge in [-0.2, -0.15) is 5.10 Å². The normalized spacial score (nSPS) is 23.6. The van der Waals surface area contributed by atoms with Gasteiger partial charge in [0, 0.05) is 42.1 Å². The van der Waals surface area contributed by atoms with Crippen molar-refractivity contribution >= 4 is 23.4 Å².